The van der Waals surface area contributed by atoms with Gasteiger partial charge >= 0.3 is 0 Å². The first-order valence-corrected chi connectivity index (χ1v) is 13.1. The van der Waals surface area contributed by atoms with Crippen LogP contribution in [0.1, 0.15) is 38.5 Å². The van der Waals surface area contributed by atoms with Crippen LogP contribution in [-0.4, -0.2) is 45.4 Å². The van der Waals surface area contributed by atoms with Gasteiger partial charge in [-0.2, -0.15) is 0 Å². The summed E-state index contributed by atoms with van der Waals surface area (Å²) in [7, 11) is 0. The highest BCUT2D eigenvalue weighted by Gasteiger charge is 2.57. The third kappa shape index (κ3) is 3.71. The van der Waals surface area contributed by atoms with Gasteiger partial charge in [-0.25, -0.2) is 0 Å². The fourth-order valence-corrected chi connectivity index (χ4v) is 9.93. The molecule has 2 amide bonds. The standard InChI is InChI=1S/C23H30N2O2S2/c26-21(24-20-4-2-1-3-5-20)16-8-10-25(11-9-16)22(27)17-14-18-6-7-19(15-17)23(18)28-12-13-29-23/h1-5,16-19H,6-15H2,(H,24,26). The number of nitrogens with one attached hydrogen (secondary N) is 1. The maximum atomic E-state index is 13.3. The Balaban J connectivity index is 1.15. The van der Waals surface area contributed by atoms with E-state index in [0.717, 1.165) is 56.3 Å². The molecule has 4 aliphatic rings. The summed E-state index contributed by atoms with van der Waals surface area (Å²) in [5.74, 6) is 4.71. The van der Waals surface area contributed by atoms with E-state index in [1.54, 1.807) is 0 Å². The molecule has 156 valence electrons. The molecule has 1 N–H and O–H groups in total. The minimum absolute atomic E-state index is 0.0105. The zero-order valence-corrected chi connectivity index (χ0v) is 18.5. The van der Waals surface area contributed by atoms with Crippen molar-refractivity contribution < 1.29 is 9.59 Å². The van der Waals surface area contributed by atoms with E-state index >= 15 is 0 Å². The average Bonchev–Trinajstić information content (AvgIpc) is 3.29. The molecule has 1 spiro atoms. The Morgan fingerprint density at radius 3 is 2.14 bits per heavy atom. The summed E-state index contributed by atoms with van der Waals surface area (Å²) < 4.78 is 0.444. The molecule has 2 saturated carbocycles. The fourth-order valence-electron chi connectivity index (χ4n) is 5.99. The number of likely N-dealkylation sites (tertiary alicyclic amines) is 1. The van der Waals surface area contributed by atoms with E-state index < -0.39 is 0 Å². The van der Waals surface area contributed by atoms with Gasteiger partial charge in [-0.05, 0) is 62.5 Å². The van der Waals surface area contributed by atoms with E-state index in [9.17, 15) is 9.59 Å². The van der Waals surface area contributed by atoms with E-state index in [2.05, 4.69) is 33.7 Å². The van der Waals surface area contributed by atoms with Gasteiger partial charge in [0, 0.05) is 42.1 Å². The lowest BCUT2D eigenvalue weighted by Crippen LogP contribution is -2.47. The minimum atomic E-state index is 0.0105. The molecular formula is C23H30N2O2S2. The molecular weight excluding hydrogens is 400 g/mol. The molecule has 4 nitrogen and oxygen atoms in total. The van der Waals surface area contributed by atoms with Gasteiger partial charge in [-0.15, -0.1) is 23.5 Å². The van der Waals surface area contributed by atoms with Crippen molar-refractivity contribution >= 4 is 41.0 Å². The minimum Gasteiger partial charge on any atom is -0.342 e. The number of carbonyl (C=O) groups excluding carboxylic acids is 2. The lowest BCUT2D eigenvalue weighted by Gasteiger charge is -2.44. The summed E-state index contributed by atoms with van der Waals surface area (Å²) in [5.41, 5.74) is 0.852. The van der Waals surface area contributed by atoms with Crippen LogP contribution in [0, 0.1) is 23.7 Å². The van der Waals surface area contributed by atoms with Crippen LogP contribution in [0.5, 0.6) is 0 Å². The highest BCUT2D eigenvalue weighted by atomic mass is 32.2. The van der Waals surface area contributed by atoms with Gasteiger partial charge in [-0.3, -0.25) is 9.59 Å². The molecule has 0 radical (unpaired) electrons. The second kappa shape index (κ2) is 8.18. The largest absolute Gasteiger partial charge is 0.342 e. The molecule has 2 aliphatic heterocycles. The lowest BCUT2D eigenvalue weighted by atomic mass is 9.79. The first kappa shape index (κ1) is 19.8. The number of hydrogen-bond donors (Lipinski definition) is 1. The maximum absolute atomic E-state index is 13.3. The van der Waals surface area contributed by atoms with Crippen LogP contribution in [0.2, 0.25) is 0 Å². The maximum Gasteiger partial charge on any atom is 0.227 e. The molecule has 1 aromatic carbocycles. The molecule has 0 aromatic heterocycles. The van der Waals surface area contributed by atoms with Crippen molar-refractivity contribution in [2.24, 2.45) is 23.7 Å². The highest BCUT2D eigenvalue weighted by molar-refractivity contribution is 8.21. The van der Waals surface area contributed by atoms with Crippen LogP contribution >= 0.6 is 23.5 Å². The van der Waals surface area contributed by atoms with Crippen molar-refractivity contribution in [2.45, 2.75) is 42.6 Å². The van der Waals surface area contributed by atoms with Crippen LogP contribution in [0.15, 0.2) is 30.3 Å². The zero-order valence-electron chi connectivity index (χ0n) is 16.8. The Labute approximate surface area is 181 Å². The molecule has 5 rings (SSSR count). The molecule has 2 unspecified atom stereocenters. The predicted octanol–water partition coefficient (Wildman–Crippen LogP) is 4.48. The molecule has 2 heterocycles. The molecule has 1 aromatic rings. The summed E-state index contributed by atoms with van der Waals surface area (Å²) in [5, 5.41) is 3.02. The first-order chi connectivity index (χ1) is 14.2. The number of piperidine rings is 1. The van der Waals surface area contributed by atoms with Gasteiger partial charge < -0.3 is 10.2 Å². The van der Waals surface area contributed by atoms with Gasteiger partial charge in [0.05, 0.1) is 4.08 Å². The van der Waals surface area contributed by atoms with E-state index in [1.807, 2.05) is 30.3 Å². The van der Waals surface area contributed by atoms with Crippen molar-refractivity contribution in [1.29, 1.82) is 0 Å². The number of thioether (sulfide) groups is 2. The van der Waals surface area contributed by atoms with Crippen molar-refractivity contribution in [1.82, 2.24) is 4.90 Å². The number of nitrogens with zero attached hydrogens (tertiary/aromatic N) is 1. The van der Waals surface area contributed by atoms with Crippen LogP contribution in [-0.2, 0) is 9.59 Å². The van der Waals surface area contributed by atoms with Gasteiger partial charge in [0.1, 0.15) is 0 Å². The Kier molecular flexibility index (Phi) is 5.59. The zero-order chi connectivity index (χ0) is 19.8. The fraction of sp³-hybridized carbons (Fsp3) is 0.652. The number of hydrogen-bond acceptors (Lipinski definition) is 4. The second-order valence-electron chi connectivity index (χ2n) is 9.01. The third-order valence-electron chi connectivity index (χ3n) is 7.45. The molecule has 6 heteroatoms. The number of carbonyl (C=O) groups is 2. The Morgan fingerprint density at radius 1 is 0.897 bits per heavy atom. The van der Waals surface area contributed by atoms with Gasteiger partial charge in [-0.1, -0.05) is 18.2 Å². The Bertz CT molecular complexity index is 741. The normalized spacial score (nSPS) is 31.2. The number of benzene rings is 1. The SMILES string of the molecule is O=C(Nc1ccccc1)C1CCN(C(=O)C2CC3CCC(C2)C32SCCS2)CC1. The van der Waals surface area contributed by atoms with Crippen molar-refractivity contribution in [3.05, 3.63) is 30.3 Å². The summed E-state index contributed by atoms with van der Waals surface area (Å²) in [6, 6.07) is 9.65. The highest BCUT2D eigenvalue weighted by Crippen LogP contribution is 2.66. The first-order valence-electron chi connectivity index (χ1n) is 11.1. The van der Waals surface area contributed by atoms with Gasteiger partial charge in [0.2, 0.25) is 11.8 Å². The second-order valence-corrected chi connectivity index (χ2v) is 12.0. The predicted molar refractivity (Wildman–Crippen MR) is 121 cm³/mol. The van der Waals surface area contributed by atoms with Crippen molar-refractivity contribution in [3.63, 3.8) is 0 Å². The Hall–Kier alpha value is -1.14. The van der Waals surface area contributed by atoms with Crippen molar-refractivity contribution in [2.75, 3.05) is 29.9 Å². The summed E-state index contributed by atoms with van der Waals surface area (Å²) in [4.78, 5) is 27.9. The van der Waals surface area contributed by atoms with Gasteiger partial charge in [0.15, 0.2) is 0 Å². The quantitative estimate of drug-likeness (QED) is 0.768. The number of anilines is 1. The smallest absolute Gasteiger partial charge is 0.227 e. The van der Waals surface area contributed by atoms with Crippen LogP contribution in [0.25, 0.3) is 0 Å². The monoisotopic (exact) mass is 430 g/mol. The van der Waals surface area contributed by atoms with E-state index in [1.165, 1.54) is 24.3 Å². The molecule has 2 aliphatic carbocycles. The van der Waals surface area contributed by atoms with E-state index in [0.29, 0.717) is 9.99 Å². The van der Waals surface area contributed by atoms with Gasteiger partial charge in [0.25, 0.3) is 0 Å². The average molecular weight is 431 g/mol. The van der Waals surface area contributed by atoms with Crippen LogP contribution < -0.4 is 5.32 Å². The van der Waals surface area contributed by atoms with E-state index in [4.69, 9.17) is 0 Å². The van der Waals surface area contributed by atoms with Crippen LogP contribution in [0.4, 0.5) is 5.69 Å². The third-order valence-corrected chi connectivity index (χ3v) is 11.5. The Morgan fingerprint density at radius 2 is 1.52 bits per heavy atom. The molecule has 2 bridgehead atoms. The summed E-state index contributed by atoms with van der Waals surface area (Å²) >= 11 is 4.38. The topological polar surface area (TPSA) is 49.4 Å². The summed E-state index contributed by atoms with van der Waals surface area (Å²) in [6.45, 7) is 1.46. The number of rotatable bonds is 3. The van der Waals surface area contributed by atoms with E-state index in [-0.39, 0.29) is 17.7 Å². The summed E-state index contributed by atoms with van der Waals surface area (Å²) in [6.07, 6.45) is 6.36. The number of para-hydroxylation sites is 1. The molecule has 2 atom stereocenters. The molecule has 4 fully saturated rings. The number of amides is 2. The van der Waals surface area contributed by atoms with Crippen molar-refractivity contribution in [3.8, 4) is 0 Å². The lowest BCUT2D eigenvalue weighted by molar-refractivity contribution is -0.140. The molecule has 29 heavy (non-hydrogen) atoms. The molecule has 2 saturated heterocycles. The van der Waals surface area contributed by atoms with Crippen LogP contribution in [0.3, 0.4) is 0 Å².